The summed E-state index contributed by atoms with van der Waals surface area (Å²) >= 11 is 11.7. The van der Waals surface area contributed by atoms with E-state index in [-0.39, 0.29) is 40.6 Å². The summed E-state index contributed by atoms with van der Waals surface area (Å²) in [5, 5.41) is -0.216. The highest BCUT2D eigenvalue weighted by molar-refractivity contribution is 6.42. The fraction of sp³-hybridized carbons (Fsp3) is 0.423. The van der Waals surface area contributed by atoms with Crippen LogP contribution in [0, 0.1) is 12.8 Å². The Hall–Kier alpha value is -2.20. The summed E-state index contributed by atoms with van der Waals surface area (Å²) in [6, 6.07) is 3.67. The summed E-state index contributed by atoms with van der Waals surface area (Å²) in [4.78, 5) is 12.6. The van der Waals surface area contributed by atoms with Crippen LogP contribution in [-0.2, 0) is 6.18 Å². The average molecular weight is 591 g/mol. The molecule has 0 radical (unpaired) electrons. The molecular formula is C26H21Cl2F9O. The number of allylic oxidation sites excluding steroid dienone is 1. The quantitative estimate of drug-likeness (QED) is 0.241. The van der Waals surface area contributed by atoms with E-state index in [2.05, 4.69) is 0 Å². The Kier molecular flexibility index (Phi) is 8.88. The molecule has 1 saturated carbocycles. The average Bonchev–Trinajstić information content (AvgIpc) is 2.80. The molecule has 208 valence electrons. The summed E-state index contributed by atoms with van der Waals surface area (Å²) in [5.74, 6) is -8.55. The molecule has 0 amide bonds. The smallest absolute Gasteiger partial charge is 0.294 e. The van der Waals surface area contributed by atoms with E-state index < -0.39 is 83.2 Å². The summed E-state index contributed by atoms with van der Waals surface area (Å²) < 4.78 is 124. The number of hydrogen-bond acceptors (Lipinski definition) is 1. The van der Waals surface area contributed by atoms with Crippen LogP contribution < -0.4 is 0 Å². The van der Waals surface area contributed by atoms with Crippen LogP contribution in [0.3, 0.4) is 0 Å². The van der Waals surface area contributed by atoms with Gasteiger partial charge in [-0.3, -0.25) is 4.79 Å². The number of rotatable bonds is 6. The first kappa shape index (κ1) is 30.3. The Morgan fingerprint density at radius 2 is 1.66 bits per heavy atom. The lowest BCUT2D eigenvalue weighted by Crippen LogP contribution is -2.26. The van der Waals surface area contributed by atoms with E-state index in [1.54, 1.807) is 0 Å². The van der Waals surface area contributed by atoms with Crippen molar-refractivity contribution in [2.45, 2.75) is 63.2 Å². The molecule has 0 spiro atoms. The van der Waals surface area contributed by atoms with Crippen molar-refractivity contribution in [1.29, 1.82) is 0 Å². The van der Waals surface area contributed by atoms with Crippen LogP contribution in [0.5, 0.6) is 0 Å². The maximum atomic E-state index is 15.0. The Balaban J connectivity index is 1.96. The number of halogens is 11. The zero-order valence-electron chi connectivity index (χ0n) is 19.7. The Labute approximate surface area is 222 Å². The molecule has 1 nitrogen and oxygen atoms in total. The molecule has 1 unspecified atom stereocenters. The minimum Gasteiger partial charge on any atom is -0.294 e. The number of carbonyl (C=O) groups is 1. The molecule has 1 atom stereocenters. The topological polar surface area (TPSA) is 17.1 Å². The lowest BCUT2D eigenvalue weighted by molar-refractivity contribution is -0.140. The zero-order chi connectivity index (χ0) is 28.6. The third-order valence-corrected chi connectivity index (χ3v) is 7.37. The molecule has 12 heteroatoms. The Morgan fingerprint density at radius 1 is 1.05 bits per heavy atom. The molecule has 0 N–H and O–H groups in total. The van der Waals surface area contributed by atoms with E-state index >= 15 is 4.39 Å². The van der Waals surface area contributed by atoms with Gasteiger partial charge in [-0.2, -0.15) is 26.3 Å². The Bertz CT molecular complexity index is 1200. The van der Waals surface area contributed by atoms with E-state index in [1.165, 1.54) is 6.92 Å². The molecule has 0 aliphatic heterocycles. The largest absolute Gasteiger partial charge is 0.417 e. The third-order valence-electron chi connectivity index (χ3n) is 6.47. The lowest BCUT2D eigenvalue weighted by atomic mass is 9.82. The summed E-state index contributed by atoms with van der Waals surface area (Å²) in [6.07, 6.45) is -11.5. The fourth-order valence-electron chi connectivity index (χ4n) is 4.40. The van der Waals surface area contributed by atoms with Gasteiger partial charge in [0.05, 0.1) is 15.6 Å². The number of aryl methyl sites for hydroxylation is 1. The minimum atomic E-state index is -5.13. The van der Waals surface area contributed by atoms with Gasteiger partial charge in [0, 0.05) is 30.4 Å². The molecule has 3 rings (SSSR count). The van der Waals surface area contributed by atoms with Crippen LogP contribution >= 0.6 is 23.2 Å². The van der Waals surface area contributed by atoms with Gasteiger partial charge in [-0.1, -0.05) is 41.4 Å². The van der Waals surface area contributed by atoms with Crippen molar-refractivity contribution in [2.75, 3.05) is 0 Å². The molecule has 0 bridgehead atoms. The second-order valence-electron chi connectivity index (χ2n) is 9.35. The molecule has 1 aliphatic carbocycles. The van der Waals surface area contributed by atoms with Crippen molar-refractivity contribution in [3.63, 3.8) is 0 Å². The minimum absolute atomic E-state index is 0.00203. The fourth-order valence-corrected chi connectivity index (χ4v) is 4.79. The second-order valence-corrected chi connectivity index (χ2v) is 10.1. The molecule has 1 aliphatic rings. The highest BCUT2D eigenvalue weighted by atomic mass is 35.5. The predicted molar refractivity (Wildman–Crippen MR) is 126 cm³/mol. The van der Waals surface area contributed by atoms with Gasteiger partial charge in [0.2, 0.25) is 5.92 Å². The van der Waals surface area contributed by atoms with Gasteiger partial charge in [-0.15, -0.1) is 0 Å². The van der Waals surface area contributed by atoms with Crippen LogP contribution in [0.4, 0.5) is 39.5 Å². The first-order valence-electron chi connectivity index (χ1n) is 11.4. The van der Waals surface area contributed by atoms with Crippen molar-refractivity contribution in [1.82, 2.24) is 0 Å². The van der Waals surface area contributed by atoms with Crippen molar-refractivity contribution in [3.8, 4) is 0 Å². The zero-order valence-corrected chi connectivity index (χ0v) is 21.2. The summed E-state index contributed by atoms with van der Waals surface area (Å²) in [7, 11) is 0. The molecule has 0 aromatic heterocycles. The number of benzene rings is 2. The van der Waals surface area contributed by atoms with E-state index in [4.69, 9.17) is 23.2 Å². The Morgan fingerprint density at radius 3 is 2.18 bits per heavy atom. The normalized spacial score (nSPS) is 17.9. The standard InChI is InChI=1S/C26H21Cl2F9O/c1-13-8-16(11-20(27)23(13)28)18(25(32,33)34)12-21(29)15-2-3-17(19(10-15)26(35,36)37)22(38)9-14-4-6-24(30,31)7-5-14/h2-3,8,10-12,14,18H,4-7,9H2,1H3/b21-12-. The van der Waals surface area contributed by atoms with Crippen molar-refractivity contribution >= 4 is 34.8 Å². The molecule has 0 heterocycles. The molecule has 1 fully saturated rings. The SMILES string of the molecule is Cc1cc(C(/C=C(\F)c2ccc(C(=O)CC3CCC(F)(F)CC3)c(C(F)(F)F)c2)C(F)(F)F)cc(Cl)c1Cl. The molecule has 0 saturated heterocycles. The first-order chi connectivity index (χ1) is 17.4. The molecule has 38 heavy (non-hydrogen) atoms. The highest BCUT2D eigenvalue weighted by Crippen LogP contribution is 2.43. The lowest BCUT2D eigenvalue weighted by Gasteiger charge is -2.28. The van der Waals surface area contributed by atoms with Gasteiger partial charge in [-0.05, 0) is 55.0 Å². The summed E-state index contributed by atoms with van der Waals surface area (Å²) in [6.45, 7) is 1.38. The van der Waals surface area contributed by atoms with Gasteiger partial charge < -0.3 is 0 Å². The molecule has 2 aromatic rings. The van der Waals surface area contributed by atoms with Crippen molar-refractivity contribution < 1.29 is 44.3 Å². The van der Waals surface area contributed by atoms with Gasteiger partial charge in [0.25, 0.3) is 0 Å². The van der Waals surface area contributed by atoms with Gasteiger partial charge in [0.15, 0.2) is 5.78 Å². The molecule has 2 aromatic carbocycles. The van der Waals surface area contributed by atoms with E-state index in [0.29, 0.717) is 6.07 Å². The van der Waals surface area contributed by atoms with Crippen LogP contribution in [0.15, 0.2) is 36.4 Å². The number of alkyl halides is 8. The monoisotopic (exact) mass is 590 g/mol. The van der Waals surface area contributed by atoms with Crippen molar-refractivity contribution in [3.05, 3.63) is 74.3 Å². The second kappa shape index (κ2) is 11.1. The van der Waals surface area contributed by atoms with Crippen LogP contribution in [0.2, 0.25) is 10.0 Å². The highest BCUT2D eigenvalue weighted by Gasteiger charge is 2.41. The van der Waals surface area contributed by atoms with Gasteiger partial charge in [0.1, 0.15) is 11.7 Å². The van der Waals surface area contributed by atoms with E-state index in [0.717, 1.165) is 18.2 Å². The summed E-state index contributed by atoms with van der Waals surface area (Å²) in [5.41, 5.74) is -3.45. The van der Waals surface area contributed by atoms with E-state index in [9.17, 15) is 39.9 Å². The van der Waals surface area contributed by atoms with E-state index in [1.807, 2.05) is 0 Å². The number of carbonyl (C=O) groups excluding carboxylic acids is 1. The van der Waals surface area contributed by atoms with Crippen LogP contribution in [-0.4, -0.2) is 17.9 Å². The molecular weight excluding hydrogens is 570 g/mol. The first-order valence-corrected chi connectivity index (χ1v) is 12.2. The number of ketones is 1. The van der Waals surface area contributed by atoms with Crippen LogP contribution in [0.1, 0.15) is 70.6 Å². The number of Topliss-reactive ketones (excluding diaryl/α,β-unsaturated/α-hetero) is 1. The van der Waals surface area contributed by atoms with Gasteiger partial charge in [-0.25, -0.2) is 13.2 Å². The maximum Gasteiger partial charge on any atom is 0.417 e. The maximum absolute atomic E-state index is 15.0. The predicted octanol–water partition coefficient (Wildman–Crippen LogP) is 10.4. The third kappa shape index (κ3) is 7.25. The van der Waals surface area contributed by atoms with Gasteiger partial charge >= 0.3 is 12.4 Å². The van der Waals surface area contributed by atoms with Crippen LogP contribution in [0.25, 0.3) is 5.83 Å². The van der Waals surface area contributed by atoms with Crippen molar-refractivity contribution in [2.24, 2.45) is 5.92 Å². The number of hydrogen-bond donors (Lipinski definition) is 0.